The molecule has 1 amide bonds. The number of non-ortho nitro benzene ring substituents is 1. The first-order valence-electron chi connectivity index (χ1n) is 9.05. The van der Waals surface area contributed by atoms with Gasteiger partial charge in [0.1, 0.15) is 6.33 Å². The Morgan fingerprint density at radius 2 is 1.77 bits per heavy atom. The predicted octanol–water partition coefficient (Wildman–Crippen LogP) is 3.21. The van der Waals surface area contributed by atoms with Gasteiger partial charge >= 0.3 is 5.69 Å². The smallest absolute Gasteiger partial charge is 0.321 e. The van der Waals surface area contributed by atoms with E-state index in [9.17, 15) is 25.0 Å². The monoisotopic (exact) mass is 423 g/mol. The first-order valence-corrected chi connectivity index (χ1v) is 9.05. The molecule has 2 aromatic carbocycles. The van der Waals surface area contributed by atoms with Crippen LogP contribution in [-0.4, -0.2) is 32.3 Å². The van der Waals surface area contributed by atoms with Crippen LogP contribution in [0.4, 0.5) is 28.7 Å². The molecule has 12 heteroatoms. The van der Waals surface area contributed by atoms with Gasteiger partial charge in [-0.1, -0.05) is 24.3 Å². The zero-order valence-corrected chi connectivity index (χ0v) is 16.3. The molecule has 0 atom stereocenters. The van der Waals surface area contributed by atoms with Crippen LogP contribution in [0.15, 0.2) is 60.9 Å². The molecule has 0 saturated heterocycles. The third kappa shape index (κ3) is 4.70. The summed E-state index contributed by atoms with van der Waals surface area (Å²) in [7, 11) is 0. The number of anilines is 3. The molecule has 158 valence electrons. The fraction of sp³-hybridized carbons (Fsp3) is 0.105. The molecule has 12 nitrogen and oxygen atoms in total. The summed E-state index contributed by atoms with van der Waals surface area (Å²) in [6, 6.07) is 14.0. The van der Waals surface area contributed by atoms with Gasteiger partial charge in [-0.15, -0.1) is 0 Å². The van der Waals surface area contributed by atoms with E-state index in [1.165, 1.54) is 18.2 Å². The van der Waals surface area contributed by atoms with Gasteiger partial charge in [0.05, 0.1) is 9.85 Å². The maximum Gasteiger partial charge on any atom is 0.355 e. The zero-order valence-electron chi connectivity index (χ0n) is 16.3. The molecule has 3 aromatic rings. The molecule has 0 fully saturated rings. The van der Waals surface area contributed by atoms with Crippen LogP contribution in [0, 0.1) is 20.2 Å². The first kappa shape index (κ1) is 21.1. The van der Waals surface area contributed by atoms with E-state index < -0.39 is 21.4 Å². The third-order valence-electron chi connectivity index (χ3n) is 4.24. The topological polar surface area (TPSA) is 156 Å². The van der Waals surface area contributed by atoms with E-state index >= 15 is 0 Å². The second-order valence-electron chi connectivity index (χ2n) is 6.12. The lowest BCUT2D eigenvalue weighted by Gasteiger charge is -2.22. The molecular formula is C19H17N7O5. The van der Waals surface area contributed by atoms with Crippen molar-refractivity contribution >= 4 is 34.6 Å². The number of carbonyl (C=O) groups excluding carboxylic acids is 1. The van der Waals surface area contributed by atoms with Crippen molar-refractivity contribution in [3.8, 4) is 0 Å². The van der Waals surface area contributed by atoms with Crippen molar-refractivity contribution in [2.45, 2.75) is 6.92 Å². The lowest BCUT2D eigenvalue weighted by atomic mass is 10.2. The average molecular weight is 423 g/mol. The van der Waals surface area contributed by atoms with Gasteiger partial charge in [0.2, 0.25) is 11.6 Å². The molecule has 0 saturated carbocycles. The summed E-state index contributed by atoms with van der Waals surface area (Å²) >= 11 is 0. The van der Waals surface area contributed by atoms with Crippen molar-refractivity contribution in [1.82, 2.24) is 15.4 Å². The van der Waals surface area contributed by atoms with E-state index in [1.54, 1.807) is 29.2 Å². The second kappa shape index (κ2) is 9.26. The minimum absolute atomic E-state index is 0.00176. The molecule has 1 aromatic heterocycles. The Hall–Kier alpha value is -4.61. The van der Waals surface area contributed by atoms with E-state index in [0.717, 1.165) is 12.4 Å². The Morgan fingerprint density at radius 3 is 2.42 bits per heavy atom. The maximum absolute atomic E-state index is 12.4. The summed E-state index contributed by atoms with van der Waals surface area (Å²) < 4.78 is 0. The van der Waals surface area contributed by atoms with Crippen LogP contribution in [-0.2, 0) is 0 Å². The average Bonchev–Trinajstić information content (AvgIpc) is 2.78. The molecule has 0 bridgehead atoms. The number of benzene rings is 2. The van der Waals surface area contributed by atoms with Crippen molar-refractivity contribution in [3.63, 3.8) is 0 Å². The van der Waals surface area contributed by atoms with E-state index in [4.69, 9.17) is 0 Å². The summed E-state index contributed by atoms with van der Waals surface area (Å²) in [4.78, 5) is 43.3. The van der Waals surface area contributed by atoms with Crippen LogP contribution in [0.2, 0.25) is 0 Å². The number of carbonyl (C=O) groups is 1. The minimum Gasteiger partial charge on any atom is -0.321 e. The minimum atomic E-state index is -0.728. The van der Waals surface area contributed by atoms with Gasteiger partial charge in [-0.25, -0.2) is 9.97 Å². The fourth-order valence-electron chi connectivity index (χ4n) is 2.84. The standard InChI is InChI=1S/C19H17N7O5/c1-2-24(14-8-4-3-5-9-14)18-16(26(30)31)17(20-12-21-18)22-23-19(27)13-7-6-10-15(11-13)25(28)29/h3-12H,2H2,1H3,(H,23,27)(H,20,21,22). The number of rotatable bonds is 8. The van der Waals surface area contributed by atoms with E-state index in [0.29, 0.717) is 12.2 Å². The van der Waals surface area contributed by atoms with Crippen molar-refractivity contribution < 1.29 is 14.6 Å². The highest BCUT2D eigenvalue weighted by Crippen LogP contribution is 2.35. The Morgan fingerprint density at radius 1 is 1.03 bits per heavy atom. The Kier molecular flexibility index (Phi) is 6.30. The van der Waals surface area contributed by atoms with E-state index in [2.05, 4.69) is 20.8 Å². The normalized spacial score (nSPS) is 10.2. The molecule has 3 rings (SSSR count). The largest absolute Gasteiger partial charge is 0.355 e. The quantitative estimate of drug-likeness (QED) is 0.410. The molecule has 31 heavy (non-hydrogen) atoms. The van der Waals surface area contributed by atoms with Gasteiger partial charge in [-0.05, 0) is 25.1 Å². The Labute approximate surface area is 175 Å². The number of hydrazine groups is 1. The summed E-state index contributed by atoms with van der Waals surface area (Å²) in [6.07, 6.45) is 1.13. The van der Waals surface area contributed by atoms with Crippen molar-refractivity contribution in [1.29, 1.82) is 0 Å². The highest BCUT2D eigenvalue weighted by atomic mass is 16.6. The van der Waals surface area contributed by atoms with Crippen molar-refractivity contribution in [2.75, 3.05) is 16.9 Å². The van der Waals surface area contributed by atoms with Crippen LogP contribution in [0.5, 0.6) is 0 Å². The molecule has 1 heterocycles. The fourth-order valence-corrected chi connectivity index (χ4v) is 2.84. The van der Waals surface area contributed by atoms with Gasteiger partial charge < -0.3 is 4.90 Å². The Balaban J connectivity index is 1.89. The number of hydrogen-bond donors (Lipinski definition) is 2. The number of nitrogens with zero attached hydrogens (tertiary/aromatic N) is 5. The van der Waals surface area contributed by atoms with Crippen LogP contribution >= 0.6 is 0 Å². The predicted molar refractivity (Wildman–Crippen MR) is 112 cm³/mol. The molecule has 2 N–H and O–H groups in total. The van der Waals surface area contributed by atoms with Gasteiger partial charge in [0, 0.05) is 29.9 Å². The van der Waals surface area contributed by atoms with Gasteiger partial charge in [-0.3, -0.25) is 35.9 Å². The summed E-state index contributed by atoms with van der Waals surface area (Å²) in [5.41, 5.74) is 4.69. The molecule has 0 spiro atoms. The summed E-state index contributed by atoms with van der Waals surface area (Å²) in [5, 5.41) is 22.7. The van der Waals surface area contributed by atoms with Crippen molar-refractivity contribution in [2.24, 2.45) is 0 Å². The van der Waals surface area contributed by atoms with Crippen LogP contribution in [0.1, 0.15) is 17.3 Å². The molecular weight excluding hydrogens is 406 g/mol. The number of nitro benzene ring substituents is 1. The molecule has 0 radical (unpaired) electrons. The number of nitro groups is 2. The summed E-state index contributed by atoms with van der Waals surface area (Å²) in [6.45, 7) is 2.21. The maximum atomic E-state index is 12.4. The second-order valence-corrected chi connectivity index (χ2v) is 6.12. The van der Waals surface area contributed by atoms with E-state index in [-0.39, 0.29) is 22.9 Å². The van der Waals surface area contributed by atoms with Gasteiger partial charge in [0.25, 0.3) is 11.6 Å². The van der Waals surface area contributed by atoms with Gasteiger partial charge in [-0.2, -0.15) is 0 Å². The zero-order chi connectivity index (χ0) is 22.4. The number of hydrogen-bond acceptors (Lipinski definition) is 9. The number of nitrogens with one attached hydrogen (secondary N) is 2. The molecule has 0 aliphatic heterocycles. The van der Waals surface area contributed by atoms with Crippen LogP contribution in [0.25, 0.3) is 0 Å². The third-order valence-corrected chi connectivity index (χ3v) is 4.24. The highest BCUT2D eigenvalue weighted by Gasteiger charge is 2.27. The highest BCUT2D eigenvalue weighted by molar-refractivity contribution is 5.95. The number of para-hydroxylation sites is 1. The van der Waals surface area contributed by atoms with Crippen molar-refractivity contribution in [3.05, 3.63) is 86.7 Å². The first-order chi connectivity index (χ1) is 14.9. The number of amides is 1. The molecule has 0 aliphatic rings. The van der Waals surface area contributed by atoms with Gasteiger partial charge in [0.15, 0.2) is 0 Å². The molecule has 0 aliphatic carbocycles. The number of aromatic nitrogens is 2. The lowest BCUT2D eigenvalue weighted by molar-refractivity contribution is -0.384. The van der Waals surface area contributed by atoms with Crippen LogP contribution < -0.4 is 15.8 Å². The Bertz CT molecular complexity index is 1120. The molecule has 0 unspecified atom stereocenters. The van der Waals surface area contributed by atoms with Crippen LogP contribution in [0.3, 0.4) is 0 Å². The SMILES string of the molecule is CCN(c1ccccc1)c1ncnc(NNC(=O)c2cccc([N+](=O)[O-])c2)c1[N+](=O)[O-]. The van der Waals surface area contributed by atoms with E-state index in [1.807, 2.05) is 13.0 Å². The lowest BCUT2D eigenvalue weighted by Crippen LogP contribution is -2.30. The summed E-state index contributed by atoms with van der Waals surface area (Å²) in [5.74, 6) is -0.919.